The summed E-state index contributed by atoms with van der Waals surface area (Å²) in [5.41, 5.74) is 1.45. The number of hydrogen-bond donors (Lipinski definition) is 2. The van der Waals surface area contributed by atoms with Gasteiger partial charge in [-0.1, -0.05) is 48.5 Å². The Morgan fingerprint density at radius 1 is 0.784 bits per heavy atom. The summed E-state index contributed by atoms with van der Waals surface area (Å²) in [5, 5.41) is 4.96. The standard InChI is InChI=1S/C27H26N4O6/c1-30(21-12-5-3-6-13-21)24(33)18-31(22-14-7-4-8-15-22)23(32)17-28-27(36)29-20-11-9-10-19(16-20)25(34)26(35)37-2/h3-16H,17-18H2,1-2H3,(H2,28,29,36). The second-order valence-corrected chi connectivity index (χ2v) is 7.81. The van der Waals surface area contributed by atoms with Gasteiger partial charge in [-0.05, 0) is 36.4 Å². The van der Waals surface area contributed by atoms with E-state index in [0.717, 1.165) is 7.11 Å². The highest BCUT2D eigenvalue weighted by molar-refractivity contribution is 6.40. The van der Waals surface area contributed by atoms with Gasteiger partial charge in [0, 0.05) is 29.7 Å². The van der Waals surface area contributed by atoms with Gasteiger partial charge in [0.1, 0.15) is 6.54 Å². The molecule has 0 radical (unpaired) electrons. The molecule has 0 aliphatic carbocycles. The number of rotatable bonds is 9. The molecule has 10 nitrogen and oxygen atoms in total. The van der Waals surface area contributed by atoms with Crippen LogP contribution in [0, 0.1) is 0 Å². The van der Waals surface area contributed by atoms with Crippen molar-refractivity contribution in [2.75, 3.05) is 42.4 Å². The van der Waals surface area contributed by atoms with Gasteiger partial charge < -0.3 is 25.2 Å². The lowest BCUT2D eigenvalue weighted by Crippen LogP contribution is -2.46. The van der Waals surface area contributed by atoms with Gasteiger partial charge in [-0.25, -0.2) is 9.59 Å². The summed E-state index contributed by atoms with van der Waals surface area (Å²) in [6.07, 6.45) is 0. The number of carbonyl (C=O) groups excluding carboxylic acids is 5. The second-order valence-electron chi connectivity index (χ2n) is 7.81. The molecular weight excluding hydrogens is 476 g/mol. The molecule has 0 aliphatic heterocycles. The van der Waals surface area contributed by atoms with Crippen LogP contribution < -0.4 is 20.4 Å². The Kier molecular flexibility index (Phi) is 9.09. The number of anilines is 3. The number of esters is 1. The van der Waals surface area contributed by atoms with Crippen molar-refractivity contribution in [3.8, 4) is 0 Å². The molecule has 0 saturated heterocycles. The third-order valence-corrected chi connectivity index (χ3v) is 5.33. The lowest BCUT2D eigenvalue weighted by Gasteiger charge is -2.25. The van der Waals surface area contributed by atoms with Gasteiger partial charge >= 0.3 is 12.0 Å². The number of para-hydroxylation sites is 2. The fraction of sp³-hybridized carbons (Fsp3) is 0.148. The molecule has 0 atom stereocenters. The maximum Gasteiger partial charge on any atom is 0.379 e. The number of Topliss-reactive ketones (excluding diaryl/α,β-unsaturated/α-hetero) is 1. The Hall–Kier alpha value is -4.99. The smallest absolute Gasteiger partial charge is 0.379 e. The molecule has 0 aromatic heterocycles. The first kappa shape index (κ1) is 26.6. The molecule has 37 heavy (non-hydrogen) atoms. The minimum Gasteiger partial charge on any atom is -0.463 e. The number of likely N-dealkylation sites (N-methyl/N-ethyl adjacent to an activating group) is 1. The Morgan fingerprint density at radius 3 is 2.03 bits per heavy atom. The van der Waals surface area contributed by atoms with Crippen LogP contribution in [0.25, 0.3) is 0 Å². The van der Waals surface area contributed by atoms with Crippen molar-refractivity contribution >= 4 is 46.7 Å². The maximum atomic E-state index is 13.1. The predicted octanol–water partition coefficient (Wildman–Crippen LogP) is 2.86. The van der Waals surface area contributed by atoms with Crippen molar-refractivity contribution in [1.29, 1.82) is 0 Å². The molecule has 0 heterocycles. The first-order valence-electron chi connectivity index (χ1n) is 11.2. The van der Waals surface area contributed by atoms with E-state index in [1.165, 1.54) is 34.1 Å². The van der Waals surface area contributed by atoms with Crippen LogP contribution in [0.15, 0.2) is 84.9 Å². The molecule has 3 rings (SSSR count). The van der Waals surface area contributed by atoms with E-state index in [2.05, 4.69) is 15.4 Å². The summed E-state index contributed by atoms with van der Waals surface area (Å²) < 4.78 is 4.42. The van der Waals surface area contributed by atoms with Gasteiger partial charge in [0.05, 0.1) is 13.7 Å². The van der Waals surface area contributed by atoms with Crippen LogP contribution in [0.4, 0.5) is 21.9 Å². The van der Waals surface area contributed by atoms with E-state index >= 15 is 0 Å². The Balaban J connectivity index is 1.65. The minimum absolute atomic E-state index is 0.0389. The van der Waals surface area contributed by atoms with Gasteiger partial charge in [0.15, 0.2) is 0 Å². The molecular formula is C27H26N4O6. The number of carbonyl (C=O) groups is 5. The molecule has 0 fully saturated rings. The highest BCUT2D eigenvalue weighted by Crippen LogP contribution is 2.16. The average Bonchev–Trinajstić information content (AvgIpc) is 2.94. The van der Waals surface area contributed by atoms with E-state index in [0.29, 0.717) is 11.4 Å². The van der Waals surface area contributed by atoms with Crippen LogP contribution >= 0.6 is 0 Å². The monoisotopic (exact) mass is 502 g/mol. The fourth-order valence-electron chi connectivity index (χ4n) is 3.34. The lowest BCUT2D eigenvalue weighted by molar-refractivity contribution is -0.135. The molecule has 10 heteroatoms. The van der Waals surface area contributed by atoms with Gasteiger partial charge in [-0.2, -0.15) is 0 Å². The molecule has 0 aliphatic rings. The summed E-state index contributed by atoms with van der Waals surface area (Å²) in [5.74, 6) is -2.71. The number of nitrogens with zero attached hydrogens (tertiary/aromatic N) is 2. The van der Waals surface area contributed by atoms with Crippen molar-refractivity contribution < 1.29 is 28.7 Å². The van der Waals surface area contributed by atoms with Crippen LogP contribution in [0.2, 0.25) is 0 Å². The SMILES string of the molecule is COC(=O)C(=O)c1cccc(NC(=O)NCC(=O)N(CC(=O)N(C)c2ccccc2)c2ccccc2)c1. The van der Waals surface area contributed by atoms with Gasteiger partial charge in [-0.15, -0.1) is 0 Å². The number of ketones is 1. The van der Waals surface area contributed by atoms with Crippen LogP contribution in [0.1, 0.15) is 10.4 Å². The quantitative estimate of drug-likeness (QED) is 0.263. The lowest BCUT2D eigenvalue weighted by atomic mass is 10.1. The molecule has 0 spiro atoms. The molecule has 0 saturated carbocycles. The van der Waals surface area contributed by atoms with E-state index in [4.69, 9.17) is 0 Å². The topological polar surface area (TPSA) is 125 Å². The normalized spacial score (nSPS) is 10.1. The Bertz CT molecular complexity index is 1280. The highest BCUT2D eigenvalue weighted by Gasteiger charge is 2.22. The summed E-state index contributed by atoms with van der Waals surface area (Å²) in [4.78, 5) is 64.6. The van der Waals surface area contributed by atoms with Crippen molar-refractivity contribution in [3.05, 3.63) is 90.5 Å². The molecule has 3 aromatic carbocycles. The van der Waals surface area contributed by atoms with E-state index < -0.39 is 30.2 Å². The fourth-order valence-corrected chi connectivity index (χ4v) is 3.34. The van der Waals surface area contributed by atoms with Gasteiger partial charge in [0.2, 0.25) is 11.8 Å². The zero-order chi connectivity index (χ0) is 26.8. The highest BCUT2D eigenvalue weighted by atomic mass is 16.5. The molecule has 2 N–H and O–H groups in total. The third-order valence-electron chi connectivity index (χ3n) is 5.33. The number of benzene rings is 3. The maximum absolute atomic E-state index is 13.1. The van der Waals surface area contributed by atoms with E-state index in [1.54, 1.807) is 49.5 Å². The van der Waals surface area contributed by atoms with Crippen LogP contribution in [-0.4, -0.2) is 56.8 Å². The largest absolute Gasteiger partial charge is 0.463 e. The number of hydrogen-bond acceptors (Lipinski definition) is 6. The van der Waals surface area contributed by atoms with Crippen molar-refractivity contribution in [2.24, 2.45) is 0 Å². The third kappa shape index (κ3) is 7.25. The number of amides is 4. The Labute approximate surface area is 213 Å². The number of urea groups is 1. The number of methoxy groups -OCH3 is 1. The first-order valence-corrected chi connectivity index (χ1v) is 11.2. The van der Waals surface area contributed by atoms with Crippen molar-refractivity contribution in [1.82, 2.24) is 5.32 Å². The van der Waals surface area contributed by atoms with Crippen LogP contribution in [-0.2, 0) is 19.1 Å². The zero-order valence-electron chi connectivity index (χ0n) is 20.3. The summed E-state index contributed by atoms with van der Waals surface area (Å²) in [6.45, 7) is -0.640. The summed E-state index contributed by atoms with van der Waals surface area (Å²) in [6, 6.07) is 22.7. The van der Waals surface area contributed by atoms with E-state index in [1.807, 2.05) is 18.2 Å². The van der Waals surface area contributed by atoms with Gasteiger partial charge in [-0.3, -0.25) is 14.4 Å². The molecule has 0 unspecified atom stereocenters. The molecule has 0 bridgehead atoms. The average molecular weight is 503 g/mol. The predicted molar refractivity (Wildman–Crippen MR) is 138 cm³/mol. The van der Waals surface area contributed by atoms with E-state index in [9.17, 15) is 24.0 Å². The Morgan fingerprint density at radius 2 is 1.41 bits per heavy atom. The first-order chi connectivity index (χ1) is 17.8. The number of ether oxygens (including phenoxy) is 1. The number of nitrogens with one attached hydrogen (secondary N) is 2. The minimum atomic E-state index is -1.03. The van der Waals surface area contributed by atoms with Crippen LogP contribution in [0.5, 0.6) is 0 Å². The summed E-state index contributed by atoms with van der Waals surface area (Å²) >= 11 is 0. The van der Waals surface area contributed by atoms with Crippen molar-refractivity contribution in [2.45, 2.75) is 0 Å². The van der Waals surface area contributed by atoms with E-state index in [-0.39, 0.29) is 23.7 Å². The van der Waals surface area contributed by atoms with Crippen LogP contribution in [0.3, 0.4) is 0 Å². The molecule has 3 aromatic rings. The zero-order valence-corrected chi connectivity index (χ0v) is 20.3. The summed E-state index contributed by atoms with van der Waals surface area (Å²) in [7, 11) is 2.72. The van der Waals surface area contributed by atoms with Crippen molar-refractivity contribution in [3.63, 3.8) is 0 Å². The molecule has 190 valence electrons. The molecule has 4 amide bonds. The van der Waals surface area contributed by atoms with Gasteiger partial charge in [0.25, 0.3) is 5.78 Å². The second kappa shape index (κ2) is 12.6.